The van der Waals surface area contributed by atoms with Gasteiger partial charge in [-0.05, 0) is 85.5 Å². The van der Waals surface area contributed by atoms with Crippen LogP contribution in [0.15, 0.2) is 88.6 Å². The van der Waals surface area contributed by atoms with E-state index in [0.717, 1.165) is 16.7 Å². The number of nitrogens with one attached hydrogen (secondary N) is 2. The molecule has 4 rings (SSSR count). The third-order valence-electron chi connectivity index (χ3n) is 6.07. The third kappa shape index (κ3) is 6.13. The Morgan fingerprint density at radius 2 is 1.78 bits per heavy atom. The molecule has 0 saturated carbocycles. The van der Waals surface area contributed by atoms with Crippen molar-refractivity contribution in [1.82, 2.24) is 5.43 Å². The number of carbonyl (C=O) groups excluding carboxylic acids is 2. The molecule has 2 N–H and O–H groups in total. The molecular formula is C29H26ClN3O3S. The number of benzene rings is 3. The van der Waals surface area contributed by atoms with Crippen LogP contribution in [0.25, 0.3) is 0 Å². The van der Waals surface area contributed by atoms with Gasteiger partial charge < -0.3 is 9.73 Å². The molecular weight excluding hydrogens is 506 g/mol. The Morgan fingerprint density at radius 1 is 0.973 bits per heavy atom. The van der Waals surface area contributed by atoms with Gasteiger partial charge in [0.1, 0.15) is 5.76 Å². The van der Waals surface area contributed by atoms with Crippen LogP contribution in [0.4, 0.5) is 5.69 Å². The van der Waals surface area contributed by atoms with E-state index in [0.29, 0.717) is 22.0 Å². The summed E-state index contributed by atoms with van der Waals surface area (Å²) in [6, 6.07) is 21.3. The highest BCUT2D eigenvalue weighted by Gasteiger charge is 2.28. The van der Waals surface area contributed by atoms with Crippen molar-refractivity contribution < 1.29 is 14.0 Å². The molecule has 188 valence electrons. The van der Waals surface area contributed by atoms with Gasteiger partial charge in [0.15, 0.2) is 0 Å². The molecule has 0 fully saturated rings. The third-order valence-corrected chi connectivity index (χ3v) is 6.79. The summed E-state index contributed by atoms with van der Waals surface area (Å²) in [4.78, 5) is 26.1. The van der Waals surface area contributed by atoms with Crippen LogP contribution in [0.5, 0.6) is 0 Å². The minimum absolute atomic E-state index is 0.184. The van der Waals surface area contributed by atoms with Crippen LogP contribution in [0.1, 0.15) is 55.7 Å². The summed E-state index contributed by atoms with van der Waals surface area (Å²) >= 11 is 10.9. The van der Waals surface area contributed by atoms with E-state index in [-0.39, 0.29) is 11.5 Å². The zero-order chi connectivity index (χ0) is 26.6. The topological polar surface area (TPSA) is 83.7 Å². The van der Waals surface area contributed by atoms with Crippen LogP contribution in [-0.4, -0.2) is 18.0 Å². The molecule has 0 aliphatic carbocycles. The fraction of sp³-hybridized carbons (Fsp3) is 0.138. The molecule has 1 atom stereocenters. The Hall–Kier alpha value is -3.81. The Balaban J connectivity index is 1.52. The number of furan rings is 1. The van der Waals surface area contributed by atoms with Crippen molar-refractivity contribution in [2.24, 2.45) is 5.10 Å². The quantitative estimate of drug-likeness (QED) is 0.140. The first-order valence-corrected chi connectivity index (χ1v) is 12.4. The molecule has 37 heavy (non-hydrogen) atoms. The van der Waals surface area contributed by atoms with Crippen molar-refractivity contribution in [3.63, 3.8) is 0 Å². The largest absolute Gasteiger partial charge is 0.468 e. The number of carbonyl (C=O) groups is 2. The first kappa shape index (κ1) is 26.3. The first-order chi connectivity index (χ1) is 17.6. The Labute approximate surface area is 226 Å². The Bertz CT molecular complexity index is 1480. The number of hydrazone groups is 1. The maximum Gasteiger partial charge on any atom is 0.273 e. The lowest BCUT2D eigenvalue weighted by Gasteiger charge is -2.22. The SMILES string of the molecule is Cc1ccc(/C=N/NC(=O)c2cc(Cl)ccc2NC(=O)c2cccc(C(C)(S)c3ccco3)c2)cc1C. The van der Waals surface area contributed by atoms with Crippen molar-refractivity contribution in [3.05, 3.63) is 123 Å². The molecule has 1 unspecified atom stereocenters. The summed E-state index contributed by atoms with van der Waals surface area (Å²) in [5, 5.41) is 7.23. The van der Waals surface area contributed by atoms with E-state index < -0.39 is 10.7 Å². The molecule has 0 saturated heterocycles. The number of amides is 2. The maximum atomic E-state index is 13.1. The predicted molar refractivity (Wildman–Crippen MR) is 151 cm³/mol. The second-order valence-electron chi connectivity index (χ2n) is 8.82. The van der Waals surface area contributed by atoms with E-state index in [1.54, 1.807) is 48.9 Å². The summed E-state index contributed by atoms with van der Waals surface area (Å²) in [6.45, 7) is 5.93. The number of nitrogens with zero attached hydrogens (tertiary/aromatic N) is 1. The van der Waals surface area contributed by atoms with Gasteiger partial charge in [0.25, 0.3) is 11.8 Å². The number of rotatable bonds is 7. The van der Waals surface area contributed by atoms with Crippen LogP contribution >= 0.6 is 24.2 Å². The van der Waals surface area contributed by atoms with Gasteiger partial charge in [-0.3, -0.25) is 9.59 Å². The maximum absolute atomic E-state index is 13.1. The smallest absolute Gasteiger partial charge is 0.273 e. The monoisotopic (exact) mass is 531 g/mol. The highest BCUT2D eigenvalue weighted by molar-refractivity contribution is 7.81. The van der Waals surface area contributed by atoms with E-state index >= 15 is 0 Å². The summed E-state index contributed by atoms with van der Waals surface area (Å²) < 4.78 is 4.79. The fourth-order valence-corrected chi connectivity index (χ4v) is 4.18. The number of anilines is 1. The van der Waals surface area contributed by atoms with Crippen molar-refractivity contribution >= 4 is 47.9 Å². The summed E-state index contributed by atoms with van der Waals surface area (Å²) in [5.41, 5.74) is 7.34. The van der Waals surface area contributed by atoms with Crippen LogP contribution < -0.4 is 10.7 Å². The Morgan fingerprint density at radius 3 is 2.51 bits per heavy atom. The number of hydrogen-bond donors (Lipinski definition) is 3. The zero-order valence-electron chi connectivity index (χ0n) is 20.6. The number of aryl methyl sites for hydroxylation is 2. The molecule has 0 aliphatic rings. The number of thiol groups is 1. The van der Waals surface area contributed by atoms with Gasteiger partial charge in [0.2, 0.25) is 0 Å². The second-order valence-corrected chi connectivity index (χ2v) is 10.1. The highest BCUT2D eigenvalue weighted by atomic mass is 35.5. The normalized spacial score (nSPS) is 12.8. The zero-order valence-corrected chi connectivity index (χ0v) is 22.2. The molecule has 0 radical (unpaired) electrons. The summed E-state index contributed by atoms with van der Waals surface area (Å²) in [7, 11) is 0. The molecule has 8 heteroatoms. The van der Waals surface area contributed by atoms with Crippen molar-refractivity contribution in [2.45, 2.75) is 25.5 Å². The molecule has 0 aliphatic heterocycles. The van der Waals surface area contributed by atoms with E-state index in [2.05, 4.69) is 15.8 Å². The predicted octanol–water partition coefficient (Wildman–Crippen LogP) is 6.76. The van der Waals surface area contributed by atoms with Crippen molar-refractivity contribution in [3.8, 4) is 0 Å². The van der Waals surface area contributed by atoms with E-state index in [1.807, 2.05) is 51.1 Å². The highest BCUT2D eigenvalue weighted by Crippen LogP contribution is 2.36. The lowest BCUT2D eigenvalue weighted by atomic mass is 9.95. The van der Waals surface area contributed by atoms with Crippen LogP contribution in [0, 0.1) is 13.8 Å². The number of halogens is 1. The minimum Gasteiger partial charge on any atom is -0.468 e. The average molecular weight is 532 g/mol. The van der Waals surface area contributed by atoms with E-state index in [1.165, 1.54) is 11.6 Å². The van der Waals surface area contributed by atoms with E-state index in [4.69, 9.17) is 28.6 Å². The standard InChI is InChI=1S/C29H26ClN3O3S/c1-18-9-10-20(14-19(18)2)17-31-33-28(35)24-16-23(30)11-12-25(24)32-27(34)21-6-4-7-22(15-21)29(3,37)26-8-5-13-36-26/h4-17,37H,1-3H3,(H,32,34)(H,33,35)/b31-17+. The van der Waals surface area contributed by atoms with Gasteiger partial charge >= 0.3 is 0 Å². The first-order valence-electron chi connectivity index (χ1n) is 11.5. The van der Waals surface area contributed by atoms with Gasteiger partial charge in [-0.15, -0.1) is 0 Å². The van der Waals surface area contributed by atoms with Gasteiger partial charge in [-0.25, -0.2) is 5.43 Å². The summed E-state index contributed by atoms with van der Waals surface area (Å²) in [5.74, 6) is -0.237. The minimum atomic E-state index is -0.737. The fourth-order valence-electron chi connectivity index (χ4n) is 3.74. The van der Waals surface area contributed by atoms with Gasteiger partial charge in [-0.1, -0.05) is 41.9 Å². The van der Waals surface area contributed by atoms with E-state index in [9.17, 15) is 9.59 Å². The van der Waals surface area contributed by atoms with Crippen molar-refractivity contribution in [2.75, 3.05) is 5.32 Å². The second kappa shape index (κ2) is 11.1. The molecule has 4 aromatic rings. The van der Waals surface area contributed by atoms with Gasteiger partial charge in [0.05, 0.1) is 28.5 Å². The lowest BCUT2D eigenvalue weighted by molar-refractivity contribution is 0.0956. The molecule has 3 aromatic carbocycles. The molecule has 1 heterocycles. The molecule has 0 bridgehead atoms. The number of hydrogen-bond acceptors (Lipinski definition) is 5. The van der Waals surface area contributed by atoms with Crippen LogP contribution in [0.2, 0.25) is 5.02 Å². The molecule has 1 aromatic heterocycles. The average Bonchev–Trinajstić information content (AvgIpc) is 3.43. The van der Waals surface area contributed by atoms with Crippen molar-refractivity contribution in [1.29, 1.82) is 0 Å². The molecule has 0 spiro atoms. The summed E-state index contributed by atoms with van der Waals surface area (Å²) in [6.07, 6.45) is 3.14. The van der Waals surface area contributed by atoms with Crippen LogP contribution in [0.3, 0.4) is 0 Å². The lowest BCUT2D eigenvalue weighted by Crippen LogP contribution is -2.22. The van der Waals surface area contributed by atoms with Gasteiger partial charge in [-0.2, -0.15) is 17.7 Å². The molecule has 6 nitrogen and oxygen atoms in total. The van der Waals surface area contributed by atoms with Gasteiger partial charge in [0, 0.05) is 10.6 Å². The van der Waals surface area contributed by atoms with Crippen LogP contribution in [-0.2, 0) is 4.75 Å². The Kier molecular flexibility index (Phi) is 7.86. The molecule has 2 amide bonds.